The third-order valence-electron chi connectivity index (χ3n) is 6.17. The minimum atomic E-state index is -0.595. The van der Waals surface area contributed by atoms with Crippen molar-refractivity contribution < 1.29 is 9.59 Å². The predicted molar refractivity (Wildman–Crippen MR) is 144 cm³/mol. The van der Waals surface area contributed by atoms with E-state index in [9.17, 15) is 9.59 Å². The van der Waals surface area contributed by atoms with Crippen LogP contribution in [0.15, 0.2) is 42.5 Å². The topological polar surface area (TPSA) is 49.4 Å². The van der Waals surface area contributed by atoms with Gasteiger partial charge in [0.25, 0.3) is 0 Å². The number of hydrogen-bond donors (Lipinski definition) is 1. The Hall–Kier alpha value is -1.40. The summed E-state index contributed by atoms with van der Waals surface area (Å²) in [6.45, 7) is 2.11. The standard InChI is InChI=1S/C26H31Cl3N2O2S/c1-2-24(26(33)30-19-10-4-3-5-11-19)31(15-20-22(28)13-8-14-23(20)29)25(32)17-34-16-18-9-6-7-12-21(18)27/h6-9,12-14,19,24H,2-5,10-11,15-17H2,1H3,(H,30,33)/t24-/m0/s1. The van der Waals surface area contributed by atoms with Gasteiger partial charge in [-0.25, -0.2) is 0 Å². The van der Waals surface area contributed by atoms with E-state index in [0.717, 1.165) is 31.2 Å². The van der Waals surface area contributed by atoms with E-state index in [-0.39, 0.29) is 30.2 Å². The zero-order valence-electron chi connectivity index (χ0n) is 19.4. The molecule has 0 aromatic heterocycles. The van der Waals surface area contributed by atoms with Crippen molar-refractivity contribution in [3.63, 3.8) is 0 Å². The van der Waals surface area contributed by atoms with Crippen LogP contribution in [0, 0.1) is 0 Å². The molecule has 34 heavy (non-hydrogen) atoms. The van der Waals surface area contributed by atoms with Gasteiger partial charge >= 0.3 is 0 Å². The van der Waals surface area contributed by atoms with Crippen molar-refractivity contribution >= 4 is 58.4 Å². The first-order valence-corrected chi connectivity index (χ1v) is 14.0. The molecule has 0 aliphatic heterocycles. The lowest BCUT2D eigenvalue weighted by Crippen LogP contribution is -2.52. The third-order valence-corrected chi connectivity index (χ3v) is 8.21. The molecule has 1 atom stereocenters. The fraction of sp³-hybridized carbons (Fsp3) is 0.462. The minimum absolute atomic E-state index is 0.109. The number of carbonyl (C=O) groups excluding carboxylic acids is 2. The van der Waals surface area contributed by atoms with E-state index in [0.29, 0.717) is 32.8 Å². The number of hydrogen-bond acceptors (Lipinski definition) is 3. The van der Waals surface area contributed by atoms with Crippen molar-refractivity contribution in [2.75, 3.05) is 5.75 Å². The Labute approximate surface area is 221 Å². The summed E-state index contributed by atoms with van der Waals surface area (Å²) in [4.78, 5) is 28.4. The van der Waals surface area contributed by atoms with Crippen molar-refractivity contribution in [1.82, 2.24) is 10.2 Å². The van der Waals surface area contributed by atoms with Gasteiger partial charge in [0.05, 0.1) is 5.75 Å². The van der Waals surface area contributed by atoms with Gasteiger partial charge in [0.2, 0.25) is 11.8 Å². The van der Waals surface area contributed by atoms with Gasteiger partial charge in [-0.1, -0.05) is 85.3 Å². The molecule has 4 nitrogen and oxygen atoms in total. The summed E-state index contributed by atoms with van der Waals surface area (Å²) >= 11 is 20.6. The Morgan fingerprint density at radius 1 is 1.00 bits per heavy atom. The molecule has 0 unspecified atom stereocenters. The van der Waals surface area contributed by atoms with Gasteiger partial charge in [0, 0.05) is 39.0 Å². The van der Waals surface area contributed by atoms with Gasteiger partial charge in [-0.3, -0.25) is 9.59 Å². The Bertz CT molecular complexity index is 962. The molecule has 1 N–H and O–H groups in total. The zero-order valence-corrected chi connectivity index (χ0v) is 22.5. The minimum Gasteiger partial charge on any atom is -0.352 e. The van der Waals surface area contributed by atoms with E-state index in [1.807, 2.05) is 31.2 Å². The summed E-state index contributed by atoms with van der Waals surface area (Å²) in [5.41, 5.74) is 1.63. The van der Waals surface area contributed by atoms with Crippen LogP contribution in [0.5, 0.6) is 0 Å². The highest BCUT2D eigenvalue weighted by atomic mass is 35.5. The molecule has 2 amide bonds. The second kappa shape index (κ2) is 13.6. The first-order chi connectivity index (χ1) is 16.4. The number of nitrogens with zero attached hydrogens (tertiary/aromatic N) is 1. The van der Waals surface area contributed by atoms with E-state index in [4.69, 9.17) is 34.8 Å². The molecule has 0 saturated heterocycles. The van der Waals surface area contributed by atoms with Crippen LogP contribution in [0.2, 0.25) is 15.1 Å². The summed E-state index contributed by atoms with van der Waals surface area (Å²) in [6, 6.07) is 12.5. The molecular formula is C26H31Cl3N2O2S. The van der Waals surface area contributed by atoms with Gasteiger partial charge in [0.1, 0.15) is 6.04 Å². The molecule has 1 aliphatic rings. The van der Waals surface area contributed by atoms with Crippen LogP contribution in [-0.4, -0.2) is 34.6 Å². The quantitative estimate of drug-likeness (QED) is 0.348. The maximum absolute atomic E-state index is 13.4. The first-order valence-electron chi connectivity index (χ1n) is 11.7. The Morgan fingerprint density at radius 2 is 1.65 bits per heavy atom. The molecule has 1 saturated carbocycles. The number of amides is 2. The molecule has 3 rings (SSSR count). The van der Waals surface area contributed by atoms with Crippen molar-refractivity contribution in [2.45, 2.75) is 69.8 Å². The number of carbonyl (C=O) groups is 2. The van der Waals surface area contributed by atoms with Gasteiger partial charge in [-0.05, 0) is 43.0 Å². The van der Waals surface area contributed by atoms with Crippen LogP contribution < -0.4 is 5.32 Å². The molecule has 0 radical (unpaired) electrons. The Morgan fingerprint density at radius 3 is 2.29 bits per heavy atom. The van der Waals surface area contributed by atoms with Crippen LogP contribution >= 0.6 is 46.6 Å². The summed E-state index contributed by atoms with van der Waals surface area (Å²) in [5, 5.41) is 4.83. The lowest BCUT2D eigenvalue weighted by atomic mass is 9.95. The fourth-order valence-corrected chi connectivity index (χ4v) is 5.98. The molecule has 1 aliphatic carbocycles. The highest BCUT2D eigenvalue weighted by Crippen LogP contribution is 2.28. The second-order valence-corrected chi connectivity index (χ2v) is 10.8. The van der Waals surface area contributed by atoms with Crippen LogP contribution in [0.1, 0.15) is 56.6 Å². The lowest BCUT2D eigenvalue weighted by Gasteiger charge is -2.33. The number of rotatable bonds is 10. The maximum atomic E-state index is 13.4. The Balaban J connectivity index is 1.76. The Kier molecular flexibility index (Phi) is 10.9. The molecular weight excluding hydrogens is 511 g/mol. The smallest absolute Gasteiger partial charge is 0.243 e. The SMILES string of the molecule is CC[C@@H](C(=O)NC1CCCCC1)N(Cc1c(Cl)cccc1Cl)C(=O)CSCc1ccccc1Cl. The number of nitrogens with one attached hydrogen (secondary N) is 1. The normalized spacial score (nSPS) is 15.1. The van der Waals surface area contributed by atoms with Crippen molar-refractivity contribution in [2.24, 2.45) is 0 Å². The van der Waals surface area contributed by atoms with Gasteiger partial charge in [0.15, 0.2) is 0 Å². The van der Waals surface area contributed by atoms with E-state index in [2.05, 4.69) is 5.32 Å². The maximum Gasteiger partial charge on any atom is 0.243 e. The van der Waals surface area contributed by atoms with Crippen LogP contribution in [0.3, 0.4) is 0 Å². The van der Waals surface area contributed by atoms with E-state index in [1.54, 1.807) is 23.1 Å². The number of halogens is 3. The zero-order chi connectivity index (χ0) is 24.5. The van der Waals surface area contributed by atoms with Gasteiger partial charge < -0.3 is 10.2 Å². The van der Waals surface area contributed by atoms with Crippen molar-refractivity contribution in [1.29, 1.82) is 0 Å². The number of thioether (sulfide) groups is 1. The van der Waals surface area contributed by atoms with Gasteiger partial charge in [-0.2, -0.15) is 0 Å². The molecule has 2 aromatic rings. The summed E-state index contributed by atoms with van der Waals surface area (Å²) in [7, 11) is 0. The summed E-state index contributed by atoms with van der Waals surface area (Å²) in [6.07, 6.45) is 5.93. The second-order valence-electron chi connectivity index (χ2n) is 8.57. The van der Waals surface area contributed by atoms with Crippen molar-refractivity contribution in [3.05, 3.63) is 68.7 Å². The molecule has 8 heteroatoms. The van der Waals surface area contributed by atoms with E-state index < -0.39 is 6.04 Å². The molecule has 0 bridgehead atoms. The van der Waals surface area contributed by atoms with Crippen LogP contribution in [-0.2, 0) is 21.9 Å². The average Bonchev–Trinajstić information content (AvgIpc) is 2.82. The van der Waals surface area contributed by atoms with Crippen LogP contribution in [0.25, 0.3) is 0 Å². The molecule has 1 fully saturated rings. The highest BCUT2D eigenvalue weighted by Gasteiger charge is 2.31. The predicted octanol–water partition coefficient (Wildman–Crippen LogP) is 7.14. The van der Waals surface area contributed by atoms with Crippen molar-refractivity contribution in [3.8, 4) is 0 Å². The largest absolute Gasteiger partial charge is 0.352 e. The molecule has 0 spiro atoms. The third kappa shape index (κ3) is 7.55. The van der Waals surface area contributed by atoms with E-state index >= 15 is 0 Å². The summed E-state index contributed by atoms with van der Waals surface area (Å²) < 4.78 is 0. The summed E-state index contributed by atoms with van der Waals surface area (Å²) in [5.74, 6) is 0.596. The number of benzene rings is 2. The molecule has 2 aromatic carbocycles. The van der Waals surface area contributed by atoms with E-state index in [1.165, 1.54) is 18.2 Å². The molecule has 0 heterocycles. The fourth-order valence-electron chi connectivity index (χ4n) is 4.26. The molecule has 184 valence electrons. The lowest BCUT2D eigenvalue weighted by molar-refractivity contribution is -0.139. The first kappa shape index (κ1) is 27.2. The highest BCUT2D eigenvalue weighted by molar-refractivity contribution is 7.99. The monoisotopic (exact) mass is 540 g/mol. The van der Waals surface area contributed by atoms with Crippen LogP contribution in [0.4, 0.5) is 0 Å². The van der Waals surface area contributed by atoms with Gasteiger partial charge in [-0.15, -0.1) is 11.8 Å². The average molecular weight is 542 g/mol.